The maximum absolute atomic E-state index is 11.1. The molecule has 1 aliphatic carbocycles. The summed E-state index contributed by atoms with van der Waals surface area (Å²) in [6.07, 6.45) is 3.97. The van der Waals surface area contributed by atoms with Gasteiger partial charge in [-0.05, 0) is 43.5 Å². The lowest BCUT2D eigenvalue weighted by Crippen LogP contribution is -2.33. The number of hydrogen-bond donors (Lipinski definition) is 1. The van der Waals surface area contributed by atoms with Gasteiger partial charge < -0.3 is 14.6 Å². The number of rotatable bonds is 5. The third-order valence-electron chi connectivity index (χ3n) is 3.72. The van der Waals surface area contributed by atoms with Crippen molar-refractivity contribution >= 4 is 11.9 Å². The van der Waals surface area contributed by atoms with Crippen LogP contribution in [0.4, 0.5) is 0 Å². The van der Waals surface area contributed by atoms with E-state index in [0.29, 0.717) is 12.4 Å². The van der Waals surface area contributed by atoms with E-state index in [0.717, 1.165) is 25.7 Å². The molecule has 5 nitrogen and oxygen atoms in total. The van der Waals surface area contributed by atoms with Gasteiger partial charge in [-0.15, -0.1) is 0 Å². The molecule has 2 atom stereocenters. The van der Waals surface area contributed by atoms with Gasteiger partial charge in [-0.2, -0.15) is 0 Å². The van der Waals surface area contributed by atoms with Crippen molar-refractivity contribution in [3.8, 4) is 5.75 Å². The number of carboxylic acids is 1. The summed E-state index contributed by atoms with van der Waals surface area (Å²) in [6.45, 7) is 1.90. The highest BCUT2D eigenvalue weighted by Crippen LogP contribution is 2.28. The first-order valence-corrected chi connectivity index (χ1v) is 7.19. The average Bonchev–Trinajstić information content (AvgIpc) is 2.46. The first-order valence-electron chi connectivity index (χ1n) is 7.19. The third kappa shape index (κ3) is 4.48. The van der Waals surface area contributed by atoms with E-state index >= 15 is 0 Å². The molecule has 0 saturated heterocycles. The van der Waals surface area contributed by atoms with Crippen molar-refractivity contribution in [2.75, 3.05) is 6.61 Å². The fourth-order valence-corrected chi connectivity index (χ4v) is 2.63. The van der Waals surface area contributed by atoms with Crippen molar-refractivity contribution in [1.82, 2.24) is 0 Å². The Morgan fingerprint density at radius 2 is 1.86 bits per heavy atom. The van der Waals surface area contributed by atoms with E-state index < -0.39 is 5.97 Å². The van der Waals surface area contributed by atoms with Gasteiger partial charge in [0.2, 0.25) is 0 Å². The van der Waals surface area contributed by atoms with Crippen LogP contribution in [0.1, 0.15) is 43.0 Å². The fourth-order valence-electron chi connectivity index (χ4n) is 2.63. The highest BCUT2D eigenvalue weighted by Gasteiger charge is 2.28. The first kappa shape index (κ1) is 15.4. The molecule has 0 aromatic heterocycles. The summed E-state index contributed by atoms with van der Waals surface area (Å²) in [5.41, 5.74) is 0.234. The van der Waals surface area contributed by atoms with Crippen molar-refractivity contribution in [2.24, 2.45) is 5.92 Å². The van der Waals surface area contributed by atoms with Crippen LogP contribution in [-0.2, 0) is 9.53 Å². The zero-order valence-electron chi connectivity index (χ0n) is 12.1. The van der Waals surface area contributed by atoms with Gasteiger partial charge in [0.1, 0.15) is 11.9 Å². The Labute approximate surface area is 123 Å². The maximum Gasteiger partial charge on any atom is 0.335 e. The Morgan fingerprint density at radius 3 is 2.48 bits per heavy atom. The lowest BCUT2D eigenvalue weighted by Gasteiger charge is -2.30. The van der Waals surface area contributed by atoms with Crippen molar-refractivity contribution in [2.45, 2.75) is 38.7 Å². The summed E-state index contributed by atoms with van der Waals surface area (Å²) < 4.78 is 11.1. The average molecular weight is 292 g/mol. The number of aromatic carboxylic acids is 1. The summed E-state index contributed by atoms with van der Waals surface area (Å²) in [6, 6.07) is 6.32. The SMILES string of the molecule is CC(=O)OC1CCCCC1COc1ccc(C(=O)O)cc1. The molecule has 0 bridgehead atoms. The predicted octanol–water partition coefficient (Wildman–Crippen LogP) is 2.89. The second kappa shape index (κ2) is 7.11. The van der Waals surface area contributed by atoms with Crippen LogP contribution in [0, 0.1) is 5.92 Å². The predicted molar refractivity (Wildman–Crippen MR) is 76.4 cm³/mol. The minimum atomic E-state index is -0.955. The van der Waals surface area contributed by atoms with E-state index in [1.54, 1.807) is 12.1 Å². The number of carboxylic acid groups (broad SMARTS) is 1. The smallest absolute Gasteiger partial charge is 0.335 e. The monoisotopic (exact) mass is 292 g/mol. The molecular formula is C16H20O5. The quantitative estimate of drug-likeness (QED) is 0.845. The second-order valence-corrected chi connectivity index (χ2v) is 5.33. The molecule has 2 unspecified atom stereocenters. The number of carbonyl (C=O) groups is 2. The van der Waals surface area contributed by atoms with E-state index in [2.05, 4.69) is 0 Å². The Kier molecular flexibility index (Phi) is 5.20. The van der Waals surface area contributed by atoms with Crippen LogP contribution in [0.2, 0.25) is 0 Å². The maximum atomic E-state index is 11.1. The molecule has 0 amide bonds. The van der Waals surface area contributed by atoms with Crippen LogP contribution >= 0.6 is 0 Å². The van der Waals surface area contributed by atoms with Crippen LogP contribution in [0.3, 0.4) is 0 Å². The summed E-state index contributed by atoms with van der Waals surface area (Å²) in [5.74, 6) is -0.379. The Morgan fingerprint density at radius 1 is 1.19 bits per heavy atom. The van der Waals surface area contributed by atoms with Gasteiger partial charge in [-0.1, -0.05) is 6.42 Å². The topological polar surface area (TPSA) is 72.8 Å². The molecule has 21 heavy (non-hydrogen) atoms. The van der Waals surface area contributed by atoms with Gasteiger partial charge in [0, 0.05) is 12.8 Å². The molecule has 5 heteroatoms. The molecule has 0 spiro atoms. The van der Waals surface area contributed by atoms with Crippen LogP contribution in [0.25, 0.3) is 0 Å². The zero-order valence-corrected chi connectivity index (χ0v) is 12.1. The molecule has 1 aromatic rings. The summed E-state index contributed by atoms with van der Waals surface area (Å²) in [4.78, 5) is 21.9. The molecular weight excluding hydrogens is 272 g/mol. The molecule has 0 radical (unpaired) electrons. The molecule has 0 aliphatic heterocycles. The lowest BCUT2D eigenvalue weighted by atomic mass is 9.87. The molecule has 1 aromatic carbocycles. The highest BCUT2D eigenvalue weighted by atomic mass is 16.5. The van der Waals surface area contributed by atoms with Gasteiger partial charge in [-0.3, -0.25) is 4.79 Å². The number of esters is 1. The standard InChI is InChI=1S/C16H20O5/c1-11(17)21-15-5-3-2-4-13(15)10-20-14-8-6-12(7-9-14)16(18)19/h6-9,13,15H,2-5,10H2,1H3,(H,18,19). The summed E-state index contributed by atoms with van der Waals surface area (Å²) >= 11 is 0. The highest BCUT2D eigenvalue weighted by molar-refractivity contribution is 5.87. The van der Waals surface area contributed by atoms with Crippen molar-refractivity contribution in [3.05, 3.63) is 29.8 Å². The third-order valence-corrected chi connectivity index (χ3v) is 3.72. The molecule has 1 aliphatic rings. The van der Waals surface area contributed by atoms with Crippen LogP contribution in [0.15, 0.2) is 24.3 Å². The number of ether oxygens (including phenoxy) is 2. The number of carbonyl (C=O) groups excluding carboxylic acids is 1. The molecule has 1 fully saturated rings. The van der Waals surface area contributed by atoms with Crippen LogP contribution < -0.4 is 4.74 Å². The van der Waals surface area contributed by atoms with E-state index in [9.17, 15) is 9.59 Å². The van der Waals surface area contributed by atoms with Crippen LogP contribution in [0.5, 0.6) is 5.75 Å². The van der Waals surface area contributed by atoms with E-state index in [1.807, 2.05) is 0 Å². The van der Waals surface area contributed by atoms with E-state index in [4.69, 9.17) is 14.6 Å². The molecule has 2 rings (SSSR count). The summed E-state index contributed by atoms with van der Waals surface area (Å²) in [7, 11) is 0. The molecule has 1 N–H and O–H groups in total. The van der Waals surface area contributed by atoms with Gasteiger partial charge in [-0.25, -0.2) is 4.79 Å². The molecule has 0 heterocycles. The summed E-state index contributed by atoms with van der Waals surface area (Å²) in [5, 5.41) is 8.84. The van der Waals surface area contributed by atoms with E-state index in [-0.39, 0.29) is 23.6 Å². The number of benzene rings is 1. The largest absolute Gasteiger partial charge is 0.493 e. The Hall–Kier alpha value is -2.04. The number of hydrogen-bond acceptors (Lipinski definition) is 4. The lowest BCUT2D eigenvalue weighted by molar-refractivity contribution is -0.151. The van der Waals surface area contributed by atoms with Crippen LogP contribution in [-0.4, -0.2) is 29.8 Å². The van der Waals surface area contributed by atoms with Crippen molar-refractivity contribution in [1.29, 1.82) is 0 Å². The molecule has 114 valence electrons. The first-order chi connectivity index (χ1) is 10.1. The van der Waals surface area contributed by atoms with Crippen molar-refractivity contribution < 1.29 is 24.2 Å². The minimum absolute atomic E-state index is 0.0745. The van der Waals surface area contributed by atoms with Gasteiger partial charge in [0.25, 0.3) is 0 Å². The van der Waals surface area contributed by atoms with E-state index in [1.165, 1.54) is 19.1 Å². The minimum Gasteiger partial charge on any atom is -0.493 e. The normalized spacial score (nSPS) is 21.6. The van der Waals surface area contributed by atoms with Gasteiger partial charge in [0.15, 0.2) is 0 Å². The zero-order chi connectivity index (χ0) is 15.2. The van der Waals surface area contributed by atoms with Crippen molar-refractivity contribution in [3.63, 3.8) is 0 Å². The Bertz CT molecular complexity index is 494. The van der Waals surface area contributed by atoms with Gasteiger partial charge >= 0.3 is 11.9 Å². The second-order valence-electron chi connectivity index (χ2n) is 5.33. The molecule has 1 saturated carbocycles. The Balaban J connectivity index is 1.90. The fraction of sp³-hybridized carbons (Fsp3) is 0.500. The van der Waals surface area contributed by atoms with Gasteiger partial charge in [0.05, 0.1) is 12.2 Å².